The van der Waals surface area contributed by atoms with Crippen LogP contribution in [0.2, 0.25) is 0 Å². The molecule has 3 aromatic rings. The van der Waals surface area contributed by atoms with Gasteiger partial charge in [-0.05, 0) is 43.2 Å². The van der Waals surface area contributed by atoms with Gasteiger partial charge in [-0.2, -0.15) is 0 Å². The summed E-state index contributed by atoms with van der Waals surface area (Å²) in [6, 6.07) is 13.2. The van der Waals surface area contributed by atoms with Crippen molar-refractivity contribution < 1.29 is 9.18 Å². The molecule has 0 aliphatic carbocycles. The molecule has 5 nitrogen and oxygen atoms in total. The summed E-state index contributed by atoms with van der Waals surface area (Å²) in [5.41, 5.74) is 1.84. The summed E-state index contributed by atoms with van der Waals surface area (Å²) in [5.74, 6) is -0.648. The monoisotopic (exact) mass is 365 g/mol. The molecule has 0 atom stereocenters. The Bertz CT molecular complexity index is 1050. The molecule has 1 aromatic heterocycles. The minimum absolute atomic E-state index is 0.0380. The second kappa shape index (κ2) is 7.23. The number of para-hydroxylation sites is 1. The lowest BCUT2D eigenvalue weighted by Crippen LogP contribution is -2.21. The first-order chi connectivity index (χ1) is 13.1. The molecule has 2 heterocycles. The number of rotatable bonds is 4. The second-order valence-electron chi connectivity index (χ2n) is 6.77. The van der Waals surface area contributed by atoms with Crippen LogP contribution in [0.1, 0.15) is 12.8 Å². The van der Waals surface area contributed by atoms with Crippen molar-refractivity contribution in [2.75, 3.05) is 23.3 Å². The van der Waals surface area contributed by atoms with Gasteiger partial charge >= 0.3 is 0 Å². The van der Waals surface area contributed by atoms with E-state index in [1.807, 2.05) is 6.07 Å². The molecule has 0 radical (unpaired) electrons. The van der Waals surface area contributed by atoms with Gasteiger partial charge in [-0.3, -0.25) is 9.59 Å². The smallest absolute Gasteiger partial charge is 0.244 e. The Kier molecular flexibility index (Phi) is 4.62. The number of amides is 1. The maximum Gasteiger partial charge on any atom is 0.244 e. The van der Waals surface area contributed by atoms with Crippen LogP contribution in [0.5, 0.6) is 0 Å². The number of hydrogen-bond donors (Lipinski definition) is 1. The quantitative estimate of drug-likeness (QED) is 0.771. The summed E-state index contributed by atoms with van der Waals surface area (Å²) in [6.07, 6.45) is 3.79. The predicted octanol–water partition coefficient (Wildman–Crippen LogP) is 3.38. The van der Waals surface area contributed by atoms with Gasteiger partial charge in [-0.25, -0.2) is 4.39 Å². The maximum atomic E-state index is 14.0. The van der Waals surface area contributed by atoms with Crippen molar-refractivity contribution in [1.29, 1.82) is 0 Å². The fourth-order valence-corrected chi connectivity index (χ4v) is 3.56. The molecule has 1 saturated heterocycles. The Balaban J connectivity index is 1.55. The molecule has 0 saturated carbocycles. The molecule has 1 fully saturated rings. The van der Waals surface area contributed by atoms with E-state index in [4.69, 9.17) is 0 Å². The van der Waals surface area contributed by atoms with E-state index in [9.17, 15) is 14.0 Å². The topological polar surface area (TPSA) is 54.3 Å². The Morgan fingerprint density at radius 3 is 2.67 bits per heavy atom. The minimum atomic E-state index is -0.372. The first kappa shape index (κ1) is 17.3. The molecule has 27 heavy (non-hydrogen) atoms. The van der Waals surface area contributed by atoms with Gasteiger partial charge in [0.05, 0.1) is 5.52 Å². The number of nitrogens with zero attached hydrogens (tertiary/aromatic N) is 2. The fraction of sp³-hybridized carbons (Fsp3) is 0.238. The number of hydrogen-bond acceptors (Lipinski definition) is 3. The van der Waals surface area contributed by atoms with Crippen molar-refractivity contribution in [2.24, 2.45) is 0 Å². The molecular weight excluding hydrogens is 345 g/mol. The lowest BCUT2D eigenvalue weighted by Gasteiger charge is -2.19. The third-order valence-electron chi connectivity index (χ3n) is 4.84. The number of benzene rings is 2. The number of anilines is 2. The fourth-order valence-electron chi connectivity index (χ4n) is 3.56. The lowest BCUT2D eigenvalue weighted by molar-refractivity contribution is -0.116. The average molecular weight is 365 g/mol. The zero-order chi connectivity index (χ0) is 18.8. The highest BCUT2D eigenvalue weighted by atomic mass is 19.1. The van der Waals surface area contributed by atoms with Crippen LogP contribution in [0, 0.1) is 5.82 Å². The normalized spacial score (nSPS) is 13.9. The molecule has 1 amide bonds. The Morgan fingerprint density at radius 1 is 1.07 bits per heavy atom. The molecular formula is C21H20FN3O2. The van der Waals surface area contributed by atoms with E-state index in [0.717, 1.165) is 31.6 Å². The zero-order valence-corrected chi connectivity index (χ0v) is 14.8. The van der Waals surface area contributed by atoms with Crippen molar-refractivity contribution >= 4 is 28.2 Å². The Morgan fingerprint density at radius 2 is 1.85 bits per heavy atom. The van der Waals surface area contributed by atoms with Crippen LogP contribution in [-0.4, -0.2) is 23.6 Å². The van der Waals surface area contributed by atoms with Gasteiger partial charge in [0.25, 0.3) is 0 Å². The van der Waals surface area contributed by atoms with Crippen molar-refractivity contribution in [2.45, 2.75) is 19.4 Å². The number of carbonyl (C=O) groups is 1. The molecule has 0 spiro atoms. The van der Waals surface area contributed by atoms with E-state index in [-0.39, 0.29) is 23.7 Å². The molecule has 2 aromatic carbocycles. The van der Waals surface area contributed by atoms with Gasteiger partial charge < -0.3 is 14.8 Å². The largest absolute Gasteiger partial charge is 0.371 e. The third-order valence-corrected chi connectivity index (χ3v) is 4.84. The third kappa shape index (κ3) is 3.69. The number of halogens is 1. The van der Waals surface area contributed by atoms with Crippen molar-refractivity contribution in [3.05, 3.63) is 70.8 Å². The van der Waals surface area contributed by atoms with Gasteiger partial charge in [-0.1, -0.05) is 12.1 Å². The van der Waals surface area contributed by atoms with Crippen LogP contribution in [0.3, 0.4) is 0 Å². The van der Waals surface area contributed by atoms with E-state index >= 15 is 0 Å². The van der Waals surface area contributed by atoms with Crippen molar-refractivity contribution in [3.8, 4) is 0 Å². The van der Waals surface area contributed by atoms with Gasteiger partial charge in [-0.15, -0.1) is 0 Å². The minimum Gasteiger partial charge on any atom is -0.371 e. The van der Waals surface area contributed by atoms with Gasteiger partial charge in [0.15, 0.2) is 5.43 Å². The Labute approximate surface area is 156 Å². The van der Waals surface area contributed by atoms with E-state index in [0.29, 0.717) is 16.6 Å². The van der Waals surface area contributed by atoms with Crippen LogP contribution in [0.25, 0.3) is 10.9 Å². The van der Waals surface area contributed by atoms with Crippen LogP contribution >= 0.6 is 0 Å². The van der Waals surface area contributed by atoms with Crippen LogP contribution in [-0.2, 0) is 11.3 Å². The van der Waals surface area contributed by atoms with Crippen LogP contribution in [0.15, 0.2) is 59.5 Å². The van der Waals surface area contributed by atoms with Crippen molar-refractivity contribution in [1.82, 2.24) is 4.57 Å². The highest BCUT2D eigenvalue weighted by Gasteiger charge is 2.15. The zero-order valence-electron chi connectivity index (χ0n) is 14.8. The molecule has 6 heteroatoms. The summed E-state index contributed by atoms with van der Waals surface area (Å²) >= 11 is 0. The summed E-state index contributed by atoms with van der Waals surface area (Å²) in [6.45, 7) is 1.84. The predicted molar refractivity (Wildman–Crippen MR) is 105 cm³/mol. The molecule has 1 aliphatic rings. The van der Waals surface area contributed by atoms with E-state index in [1.165, 1.54) is 18.2 Å². The summed E-state index contributed by atoms with van der Waals surface area (Å²) in [5, 5.41) is 3.33. The average Bonchev–Trinajstić information content (AvgIpc) is 3.19. The first-order valence-electron chi connectivity index (χ1n) is 9.04. The number of carbonyl (C=O) groups excluding carboxylic acids is 1. The SMILES string of the molecule is O=C(Cn1ccc(=O)c2ccccc21)Nc1cc(F)cc(N2CCCC2)c1. The number of fused-ring (bicyclic) bond motifs is 1. The molecule has 1 N–H and O–H groups in total. The molecule has 1 aliphatic heterocycles. The standard InChI is InChI=1S/C21H20FN3O2/c22-15-11-16(13-17(12-15)24-8-3-4-9-24)23-21(27)14-25-10-7-20(26)18-5-1-2-6-19(18)25/h1-2,5-7,10-13H,3-4,8-9,14H2,(H,23,27). The molecule has 0 unspecified atom stereocenters. The van der Waals surface area contributed by atoms with E-state index in [1.54, 1.807) is 35.0 Å². The number of aromatic nitrogens is 1. The van der Waals surface area contributed by atoms with Crippen LogP contribution < -0.4 is 15.6 Å². The molecule has 4 rings (SSSR count). The summed E-state index contributed by atoms with van der Waals surface area (Å²) in [4.78, 5) is 26.6. The number of nitrogens with one attached hydrogen (secondary N) is 1. The second-order valence-corrected chi connectivity index (χ2v) is 6.77. The first-order valence-corrected chi connectivity index (χ1v) is 9.04. The summed E-state index contributed by atoms with van der Waals surface area (Å²) in [7, 11) is 0. The Hall–Kier alpha value is -3.15. The number of pyridine rings is 1. The highest BCUT2D eigenvalue weighted by Crippen LogP contribution is 2.25. The van der Waals surface area contributed by atoms with E-state index in [2.05, 4.69) is 10.2 Å². The maximum absolute atomic E-state index is 14.0. The van der Waals surface area contributed by atoms with Gasteiger partial charge in [0, 0.05) is 42.1 Å². The lowest BCUT2D eigenvalue weighted by atomic mass is 10.2. The summed E-state index contributed by atoms with van der Waals surface area (Å²) < 4.78 is 15.7. The van der Waals surface area contributed by atoms with Crippen LogP contribution in [0.4, 0.5) is 15.8 Å². The van der Waals surface area contributed by atoms with Crippen molar-refractivity contribution in [3.63, 3.8) is 0 Å². The van der Waals surface area contributed by atoms with Gasteiger partial charge in [0.1, 0.15) is 12.4 Å². The molecule has 0 bridgehead atoms. The highest BCUT2D eigenvalue weighted by molar-refractivity contribution is 5.92. The van der Waals surface area contributed by atoms with Gasteiger partial charge in [0.2, 0.25) is 5.91 Å². The molecule has 138 valence electrons. The van der Waals surface area contributed by atoms with E-state index < -0.39 is 0 Å².